The minimum Gasteiger partial charge on any atom is -0.306 e. The van der Waals surface area contributed by atoms with Gasteiger partial charge >= 0.3 is 6.18 Å². The average molecular weight is 315 g/mol. The van der Waals surface area contributed by atoms with E-state index in [2.05, 4.69) is 15.5 Å². The summed E-state index contributed by atoms with van der Waals surface area (Å²) in [4.78, 5) is 0. The fourth-order valence-corrected chi connectivity index (χ4v) is 2.51. The molecule has 1 aromatic carbocycles. The van der Waals surface area contributed by atoms with Crippen LogP contribution in [0.25, 0.3) is 10.6 Å². The molecule has 2 aromatic rings. The number of benzene rings is 1. The van der Waals surface area contributed by atoms with Crippen LogP contribution in [0.2, 0.25) is 0 Å². The summed E-state index contributed by atoms with van der Waals surface area (Å²) in [6.07, 6.45) is -4.40. The zero-order valence-electron chi connectivity index (χ0n) is 12.0. The Labute approximate surface area is 125 Å². The van der Waals surface area contributed by atoms with E-state index in [1.54, 1.807) is 6.07 Å². The van der Waals surface area contributed by atoms with Gasteiger partial charge in [-0.05, 0) is 26.8 Å². The van der Waals surface area contributed by atoms with Gasteiger partial charge in [-0.2, -0.15) is 13.2 Å². The van der Waals surface area contributed by atoms with Crippen molar-refractivity contribution in [3.05, 3.63) is 34.8 Å². The summed E-state index contributed by atoms with van der Waals surface area (Å²) in [6, 6.07) is 5.42. The number of hydrogen-bond acceptors (Lipinski definition) is 4. The van der Waals surface area contributed by atoms with Gasteiger partial charge in [0, 0.05) is 11.1 Å². The summed E-state index contributed by atoms with van der Waals surface area (Å²) < 4.78 is 39.0. The average Bonchev–Trinajstić information content (AvgIpc) is 2.83. The quantitative estimate of drug-likeness (QED) is 0.926. The van der Waals surface area contributed by atoms with Crippen LogP contribution in [-0.4, -0.2) is 15.7 Å². The first-order valence-corrected chi connectivity index (χ1v) is 7.22. The Morgan fingerprint density at radius 3 is 2.38 bits per heavy atom. The van der Waals surface area contributed by atoms with E-state index in [9.17, 15) is 13.2 Å². The summed E-state index contributed by atoms with van der Waals surface area (Å²) in [5, 5.41) is 12.0. The number of nitrogens with one attached hydrogen (secondary N) is 1. The zero-order valence-corrected chi connectivity index (χ0v) is 12.8. The molecule has 0 unspecified atom stereocenters. The summed E-state index contributed by atoms with van der Waals surface area (Å²) in [7, 11) is 0. The van der Waals surface area contributed by atoms with Gasteiger partial charge in [0.05, 0.1) is 12.1 Å². The Morgan fingerprint density at radius 1 is 1.10 bits per heavy atom. The molecule has 0 aliphatic rings. The smallest absolute Gasteiger partial charge is 0.306 e. The van der Waals surface area contributed by atoms with E-state index in [0.29, 0.717) is 11.6 Å². The molecule has 114 valence electrons. The van der Waals surface area contributed by atoms with Gasteiger partial charge in [0.1, 0.15) is 10.0 Å². The molecule has 3 nitrogen and oxygen atoms in total. The SMILES string of the molecule is CC(C)(C)NCc1nnc(-c2ccccc2C(F)(F)F)s1. The lowest BCUT2D eigenvalue weighted by molar-refractivity contribution is -0.137. The maximum atomic E-state index is 13.0. The number of alkyl halides is 3. The molecule has 1 heterocycles. The molecule has 0 saturated heterocycles. The molecule has 0 saturated carbocycles. The van der Waals surface area contributed by atoms with Gasteiger partial charge in [-0.25, -0.2) is 0 Å². The molecular formula is C14H16F3N3S. The van der Waals surface area contributed by atoms with E-state index in [1.807, 2.05) is 20.8 Å². The molecule has 0 atom stereocenters. The number of nitrogens with zero attached hydrogens (tertiary/aromatic N) is 2. The van der Waals surface area contributed by atoms with Crippen molar-refractivity contribution in [2.24, 2.45) is 0 Å². The monoisotopic (exact) mass is 315 g/mol. The Balaban J connectivity index is 2.26. The Hall–Kier alpha value is -1.47. The summed E-state index contributed by atoms with van der Waals surface area (Å²) in [5.74, 6) is 0. The third-order valence-electron chi connectivity index (χ3n) is 2.70. The van der Waals surface area contributed by atoms with Crippen molar-refractivity contribution in [2.75, 3.05) is 0 Å². The van der Waals surface area contributed by atoms with Gasteiger partial charge in [-0.3, -0.25) is 0 Å². The molecule has 0 fully saturated rings. The van der Waals surface area contributed by atoms with Crippen molar-refractivity contribution in [3.63, 3.8) is 0 Å². The van der Waals surface area contributed by atoms with Crippen molar-refractivity contribution >= 4 is 11.3 Å². The molecule has 1 N–H and O–H groups in total. The first-order valence-electron chi connectivity index (χ1n) is 6.41. The lowest BCUT2D eigenvalue weighted by atomic mass is 10.1. The van der Waals surface area contributed by atoms with Crippen molar-refractivity contribution in [1.29, 1.82) is 0 Å². The fourth-order valence-electron chi connectivity index (χ4n) is 1.69. The fraction of sp³-hybridized carbons (Fsp3) is 0.429. The maximum Gasteiger partial charge on any atom is 0.417 e. The lowest BCUT2D eigenvalue weighted by Gasteiger charge is -2.19. The number of rotatable bonds is 3. The lowest BCUT2D eigenvalue weighted by Crippen LogP contribution is -2.35. The molecule has 7 heteroatoms. The van der Waals surface area contributed by atoms with Gasteiger partial charge in [0.25, 0.3) is 0 Å². The largest absolute Gasteiger partial charge is 0.417 e. The molecule has 1 aromatic heterocycles. The van der Waals surface area contributed by atoms with Crippen LogP contribution < -0.4 is 5.32 Å². The molecule has 21 heavy (non-hydrogen) atoms. The van der Waals surface area contributed by atoms with E-state index in [1.165, 1.54) is 23.5 Å². The van der Waals surface area contributed by atoms with Crippen LogP contribution in [0.15, 0.2) is 24.3 Å². The van der Waals surface area contributed by atoms with Crippen LogP contribution in [0, 0.1) is 0 Å². The van der Waals surface area contributed by atoms with Crippen molar-refractivity contribution in [1.82, 2.24) is 15.5 Å². The third-order valence-corrected chi connectivity index (χ3v) is 3.66. The molecule has 0 aliphatic heterocycles. The van der Waals surface area contributed by atoms with Crippen molar-refractivity contribution in [3.8, 4) is 10.6 Å². The summed E-state index contributed by atoms with van der Waals surface area (Å²) >= 11 is 1.17. The highest BCUT2D eigenvalue weighted by molar-refractivity contribution is 7.14. The normalized spacial score (nSPS) is 12.7. The van der Waals surface area contributed by atoms with E-state index >= 15 is 0 Å². The third kappa shape index (κ3) is 4.25. The Bertz CT molecular complexity index is 614. The van der Waals surface area contributed by atoms with Gasteiger partial charge in [0.15, 0.2) is 0 Å². The minimum atomic E-state index is -4.40. The molecule has 0 amide bonds. The van der Waals surface area contributed by atoms with Gasteiger partial charge in [-0.15, -0.1) is 10.2 Å². The molecule has 0 radical (unpaired) electrons. The number of aromatic nitrogens is 2. The highest BCUT2D eigenvalue weighted by Crippen LogP contribution is 2.37. The van der Waals surface area contributed by atoms with Crippen LogP contribution in [0.4, 0.5) is 13.2 Å². The highest BCUT2D eigenvalue weighted by Gasteiger charge is 2.34. The van der Waals surface area contributed by atoms with E-state index < -0.39 is 11.7 Å². The predicted molar refractivity (Wildman–Crippen MR) is 76.9 cm³/mol. The van der Waals surface area contributed by atoms with Crippen LogP contribution in [0.1, 0.15) is 31.3 Å². The van der Waals surface area contributed by atoms with Crippen LogP contribution in [0.5, 0.6) is 0 Å². The number of halogens is 3. The van der Waals surface area contributed by atoms with Crippen LogP contribution in [0.3, 0.4) is 0 Å². The first kappa shape index (κ1) is 15.9. The standard InChI is InChI=1S/C14H16F3N3S/c1-13(2,3)18-8-11-19-20-12(21-11)9-6-4-5-7-10(9)14(15,16)17/h4-7,18H,8H2,1-3H3. The van der Waals surface area contributed by atoms with Gasteiger partial charge in [0.2, 0.25) is 0 Å². The summed E-state index contributed by atoms with van der Waals surface area (Å²) in [6.45, 7) is 6.51. The molecule has 0 spiro atoms. The zero-order chi connectivity index (χ0) is 15.7. The second-order valence-electron chi connectivity index (χ2n) is 5.65. The van der Waals surface area contributed by atoms with Crippen LogP contribution in [-0.2, 0) is 12.7 Å². The minimum absolute atomic E-state index is 0.0736. The van der Waals surface area contributed by atoms with Gasteiger partial charge < -0.3 is 5.32 Å². The molecule has 0 bridgehead atoms. The first-order chi connectivity index (χ1) is 9.67. The summed E-state index contributed by atoms with van der Waals surface area (Å²) in [5.41, 5.74) is -0.698. The van der Waals surface area contributed by atoms with E-state index in [4.69, 9.17) is 0 Å². The maximum absolute atomic E-state index is 13.0. The van der Waals surface area contributed by atoms with E-state index in [-0.39, 0.29) is 16.1 Å². The molecule has 2 rings (SSSR count). The molecule has 0 aliphatic carbocycles. The van der Waals surface area contributed by atoms with Crippen LogP contribution >= 0.6 is 11.3 Å². The van der Waals surface area contributed by atoms with Crippen molar-refractivity contribution < 1.29 is 13.2 Å². The second-order valence-corrected chi connectivity index (χ2v) is 6.71. The van der Waals surface area contributed by atoms with E-state index in [0.717, 1.165) is 6.07 Å². The Kier molecular flexibility index (Phi) is 4.34. The Morgan fingerprint density at radius 2 is 1.76 bits per heavy atom. The predicted octanol–water partition coefficient (Wildman–Crippen LogP) is 4.11. The highest BCUT2D eigenvalue weighted by atomic mass is 32.1. The van der Waals surface area contributed by atoms with Crippen molar-refractivity contribution in [2.45, 2.75) is 39.0 Å². The second kappa shape index (κ2) is 5.73. The topological polar surface area (TPSA) is 37.8 Å². The van der Waals surface area contributed by atoms with Gasteiger partial charge in [-0.1, -0.05) is 29.5 Å². The number of hydrogen-bond donors (Lipinski definition) is 1. The molecular weight excluding hydrogens is 299 g/mol.